The molecule has 0 aliphatic heterocycles. The summed E-state index contributed by atoms with van der Waals surface area (Å²) in [5, 5.41) is 2.17. The number of amides is 1. The van der Waals surface area contributed by atoms with Crippen molar-refractivity contribution >= 4 is 65.3 Å². The highest BCUT2D eigenvalue weighted by molar-refractivity contribution is 9.11. The molecule has 2 aromatic carbocycles. The number of aromatic nitrogens is 2. The zero-order valence-corrected chi connectivity index (χ0v) is 16.0. The van der Waals surface area contributed by atoms with Gasteiger partial charge in [0, 0.05) is 27.8 Å². The van der Waals surface area contributed by atoms with E-state index in [4.69, 9.17) is 12.3 Å². The van der Waals surface area contributed by atoms with Gasteiger partial charge in [0.1, 0.15) is 0 Å². The molecule has 25 heavy (non-hydrogen) atoms. The molecule has 0 aliphatic rings. The van der Waals surface area contributed by atoms with Gasteiger partial charge in [0.2, 0.25) is 11.6 Å². The molecule has 124 valence electrons. The molecule has 2 heterocycles. The van der Waals surface area contributed by atoms with Gasteiger partial charge in [0.15, 0.2) is 0 Å². The second-order valence-corrected chi connectivity index (χ2v) is 6.77. The van der Waals surface area contributed by atoms with Gasteiger partial charge in [-0.15, -0.1) is 0 Å². The number of rotatable bonds is 1. The van der Waals surface area contributed by atoms with E-state index in [0.717, 1.165) is 30.8 Å². The molecule has 0 aliphatic carbocycles. The molecule has 4 N–H and O–H groups in total. The van der Waals surface area contributed by atoms with Gasteiger partial charge in [0.05, 0.1) is 22.1 Å². The zero-order valence-electron chi connectivity index (χ0n) is 12.8. The summed E-state index contributed by atoms with van der Waals surface area (Å²) in [7, 11) is 0. The maximum Gasteiger partial charge on any atom is 0.249 e. The molecule has 0 radical (unpaired) electrons. The standard InChI is InChI=1S/C9H7BrN2O.C9H5BrN2/c10-7-6(9(11)13)2-1-5-3-4-12-8(5)7;1-11-7-3-2-6-4-5-12-9(6)8(7)10/h1-4,12H,(H2,11,13);2-5,12H. The molecule has 7 heteroatoms. The summed E-state index contributed by atoms with van der Waals surface area (Å²) in [4.78, 5) is 20.4. The fourth-order valence-corrected chi connectivity index (χ4v) is 3.68. The fraction of sp³-hybridized carbons (Fsp3) is 0. The molecule has 5 nitrogen and oxygen atoms in total. The van der Waals surface area contributed by atoms with Crippen LogP contribution in [0.1, 0.15) is 10.4 Å². The van der Waals surface area contributed by atoms with Crippen molar-refractivity contribution in [3.05, 3.63) is 74.7 Å². The first-order valence-corrected chi connectivity index (χ1v) is 8.80. The Balaban J connectivity index is 0.000000146. The lowest BCUT2D eigenvalue weighted by atomic mass is 10.1. The number of H-pyrrole nitrogens is 2. The van der Waals surface area contributed by atoms with Crippen LogP contribution in [0.2, 0.25) is 0 Å². The monoisotopic (exact) mass is 458 g/mol. The third kappa shape index (κ3) is 3.31. The van der Waals surface area contributed by atoms with Gasteiger partial charge in [-0.2, -0.15) is 0 Å². The predicted octanol–water partition coefficient (Wildman–Crippen LogP) is 5.51. The van der Waals surface area contributed by atoms with Crippen LogP contribution in [-0.4, -0.2) is 15.9 Å². The molecule has 2 aromatic heterocycles. The molecule has 1 amide bonds. The highest BCUT2D eigenvalue weighted by Gasteiger charge is 2.09. The Morgan fingerprint density at radius 1 is 0.920 bits per heavy atom. The fourth-order valence-electron chi connectivity index (χ4n) is 2.45. The van der Waals surface area contributed by atoms with E-state index in [1.165, 1.54) is 0 Å². The molecular weight excluding hydrogens is 448 g/mol. The van der Waals surface area contributed by atoms with Gasteiger partial charge in [-0.25, -0.2) is 4.85 Å². The summed E-state index contributed by atoms with van der Waals surface area (Å²) in [5.74, 6) is -0.427. The lowest BCUT2D eigenvalue weighted by Gasteiger charge is -2.00. The van der Waals surface area contributed by atoms with Crippen LogP contribution in [0.15, 0.2) is 57.7 Å². The quantitative estimate of drug-likeness (QED) is 0.322. The predicted molar refractivity (Wildman–Crippen MR) is 107 cm³/mol. The average Bonchev–Trinajstić information content (AvgIpc) is 3.25. The Bertz CT molecular complexity index is 1120. The zero-order chi connectivity index (χ0) is 18.0. The summed E-state index contributed by atoms with van der Waals surface area (Å²) in [6.07, 6.45) is 3.68. The third-order valence-corrected chi connectivity index (χ3v) is 5.32. The van der Waals surface area contributed by atoms with E-state index in [1.54, 1.807) is 6.07 Å². The van der Waals surface area contributed by atoms with Crippen LogP contribution in [0.3, 0.4) is 0 Å². The normalized spacial score (nSPS) is 10.3. The van der Waals surface area contributed by atoms with Crippen LogP contribution in [0.5, 0.6) is 0 Å². The number of carbonyl (C=O) groups excluding carboxylic acids is 1. The van der Waals surface area contributed by atoms with E-state index in [1.807, 2.05) is 42.7 Å². The molecule has 0 fully saturated rings. The van der Waals surface area contributed by atoms with Crippen LogP contribution in [0, 0.1) is 6.57 Å². The average molecular weight is 460 g/mol. The highest BCUT2D eigenvalue weighted by Crippen LogP contribution is 2.32. The van der Waals surface area contributed by atoms with E-state index >= 15 is 0 Å². The van der Waals surface area contributed by atoms with Gasteiger partial charge in [0.25, 0.3) is 0 Å². The van der Waals surface area contributed by atoms with Crippen LogP contribution in [0.25, 0.3) is 26.7 Å². The Kier molecular flexibility index (Phi) is 4.93. The number of halogens is 2. The number of aromatic amines is 2. The number of hydrogen-bond acceptors (Lipinski definition) is 1. The van der Waals surface area contributed by atoms with E-state index in [-0.39, 0.29) is 0 Å². The Labute approximate surface area is 160 Å². The van der Waals surface area contributed by atoms with Gasteiger partial charge >= 0.3 is 0 Å². The minimum atomic E-state index is -0.427. The lowest BCUT2D eigenvalue weighted by Crippen LogP contribution is -2.11. The molecule has 4 aromatic rings. The second kappa shape index (κ2) is 7.13. The Morgan fingerprint density at radius 2 is 1.48 bits per heavy atom. The van der Waals surface area contributed by atoms with Gasteiger partial charge in [-0.1, -0.05) is 34.1 Å². The first kappa shape index (κ1) is 17.3. The molecule has 0 saturated carbocycles. The van der Waals surface area contributed by atoms with Crippen LogP contribution in [-0.2, 0) is 0 Å². The molecule has 0 atom stereocenters. The molecule has 0 saturated heterocycles. The Morgan fingerprint density at radius 3 is 2.04 bits per heavy atom. The number of carbonyl (C=O) groups is 1. The van der Waals surface area contributed by atoms with Crippen molar-refractivity contribution in [3.8, 4) is 0 Å². The number of hydrogen-bond donors (Lipinski definition) is 3. The van der Waals surface area contributed by atoms with Crippen molar-refractivity contribution < 1.29 is 4.79 Å². The van der Waals surface area contributed by atoms with E-state index in [9.17, 15) is 4.79 Å². The van der Waals surface area contributed by atoms with Crippen molar-refractivity contribution in [2.75, 3.05) is 0 Å². The summed E-state index contributed by atoms with van der Waals surface area (Å²) in [6.45, 7) is 6.89. The van der Waals surface area contributed by atoms with Crippen molar-refractivity contribution in [3.63, 3.8) is 0 Å². The van der Waals surface area contributed by atoms with Crippen LogP contribution < -0.4 is 5.73 Å². The number of primary amides is 1. The Hall–Kier alpha value is -2.56. The van der Waals surface area contributed by atoms with Gasteiger partial charge in [-0.05, 0) is 39.5 Å². The smallest absolute Gasteiger partial charge is 0.249 e. The first-order valence-electron chi connectivity index (χ1n) is 7.21. The van der Waals surface area contributed by atoms with Crippen molar-refractivity contribution in [1.29, 1.82) is 0 Å². The molecular formula is C18H12Br2N4O. The van der Waals surface area contributed by atoms with Crippen LogP contribution >= 0.6 is 31.9 Å². The number of benzene rings is 2. The third-order valence-electron chi connectivity index (χ3n) is 3.70. The van der Waals surface area contributed by atoms with Gasteiger partial charge < -0.3 is 15.7 Å². The van der Waals surface area contributed by atoms with E-state index in [0.29, 0.717) is 11.3 Å². The second-order valence-electron chi connectivity index (χ2n) is 5.19. The summed E-state index contributed by atoms with van der Waals surface area (Å²) >= 11 is 6.71. The summed E-state index contributed by atoms with van der Waals surface area (Å²) in [5.41, 5.74) is 8.22. The maximum absolute atomic E-state index is 11.0. The minimum Gasteiger partial charge on any atom is -0.366 e. The van der Waals surface area contributed by atoms with Crippen molar-refractivity contribution in [2.45, 2.75) is 0 Å². The lowest BCUT2D eigenvalue weighted by molar-refractivity contribution is 0.0999. The van der Waals surface area contributed by atoms with Crippen LogP contribution in [0.4, 0.5) is 5.69 Å². The summed E-state index contributed by atoms with van der Waals surface area (Å²) in [6, 6.07) is 11.2. The molecule has 0 unspecified atom stereocenters. The van der Waals surface area contributed by atoms with Crippen molar-refractivity contribution in [1.82, 2.24) is 9.97 Å². The number of nitrogens with zero attached hydrogens (tertiary/aromatic N) is 1. The summed E-state index contributed by atoms with van der Waals surface area (Å²) < 4.78 is 1.57. The minimum absolute atomic E-state index is 0.427. The van der Waals surface area contributed by atoms with E-state index < -0.39 is 5.91 Å². The van der Waals surface area contributed by atoms with Crippen molar-refractivity contribution in [2.24, 2.45) is 5.73 Å². The first-order chi connectivity index (χ1) is 12.0. The number of fused-ring (bicyclic) bond motifs is 2. The molecule has 0 spiro atoms. The SMILES string of the molecule is NC(=O)c1ccc2cc[nH]c2c1Br.[C-]#[N+]c1ccc2cc[nH]c2c1Br. The topological polar surface area (TPSA) is 79.0 Å². The van der Waals surface area contributed by atoms with E-state index in [2.05, 4.69) is 46.7 Å². The maximum atomic E-state index is 11.0. The molecule has 4 rings (SSSR count). The van der Waals surface area contributed by atoms with Gasteiger partial charge in [-0.3, -0.25) is 4.79 Å². The largest absolute Gasteiger partial charge is 0.366 e. The highest BCUT2D eigenvalue weighted by atomic mass is 79.9. The number of nitrogens with one attached hydrogen (secondary N) is 2. The number of nitrogens with two attached hydrogens (primary N) is 1. The molecule has 0 bridgehead atoms.